The van der Waals surface area contributed by atoms with Crippen molar-refractivity contribution in [3.63, 3.8) is 0 Å². The second kappa shape index (κ2) is 4.89. The lowest BCUT2D eigenvalue weighted by Gasteiger charge is -2.33. The van der Waals surface area contributed by atoms with E-state index >= 15 is 0 Å². The van der Waals surface area contributed by atoms with Gasteiger partial charge in [-0.1, -0.05) is 5.92 Å². The third-order valence-corrected chi connectivity index (χ3v) is 3.22. The molecule has 0 aromatic carbocycles. The van der Waals surface area contributed by atoms with Gasteiger partial charge < -0.3 is 4.74 Å². The Bertz CT molecular complexity index is 308. The second-order valence-corrected chi connectivity index (χ2v) is 4.07. The van der Waals surface area contributed by atoms with Gasteiger partial charge in [0.1, 0.15) is 5.41 Å². The second-order valence-electron chi connectivity index (χ2n) is 4.07. The number of hydrogen-bond acceptors (Lipinski definition) is 2. The molecular weight excluding hydrogens is 188 g/mol. The quantitative estimate of drug-likeness (QED) is 0.508. The van der Waals surface area contributed by atoms with Gasteiger partial charge in [0.25, 0.3) is 0 Å². The fourth-order valence-electron chi connectivity index (χ4n) is 2.14. The molecule has 0 aliphatic heterocycles. The molecule has 0 atom stereocenters. The molecule has 1 aliphatic carbocycles. The van der Waals surface area contributed by atoms with E-state index in [-0.39, 0.29) is 5.97 Å². The molecule has 1 saturated carbocycles. The Morgan fingerprint density at radius 3 is 2.47 bits per heavy atom. The lowest BCUT2D eigenvalue weighted by atomic mass is 9.70. The Balaban J connectivity index is 2.64. The molecule has 0 unspecified atom stereocenters. The normalized spacial score (nSPS) is 29.9. The average molecular weight is 204 g/mol. The van der Waals surface area contributed by atoms with Crippen LogP contribution in [0, 0.1) is 36.0 Å². The number of methoxy groups -OCH3 is 1. The zero-order valence-electron chi connectivity index (χ0n) is 9.08. The van der Waals surface area contributed by atoms with Crippen molar-refractivity contribution < 1.29 is 9.53 Å². The first-order valence-corrected chi connectivity index (χ1v) is 5.18. The standard InChI is InChI=1S/C13H16O2/c1-4-6-11-7-9-13(5-2,10-8-11)12(14)15-3/h1-2,11H,6-10H2,3H3. The summed E-state index contributed by atoms with van der Waals surface area (Å²) in [6.45, 7) is 0. The van der Waals surface area contributed by atoms with E-state index < -0.39 is 5.41 Å². The summed E-state index contributed by atoms with van der Waals surface area (Å²) in [5.41, 5.74) is -0.695. The van der Waals surface area contributed by atoms with Crippen molar-refractivity contribution in [1.82, 2.24) is 0 Å². The number of carbonyl (C=O) groups excluding carboxylic acids is 1. The number of ether oxygens (including phenoxy) is 1. The average Bonchev–Trinajstić information content (AvgIpc) is 2.30. The molecule has 0 bridgehead atoms. The van der Waals surface area contributed by atoms with Gasteiger partial charge >= 0.3 is 5.97 Å². The highest BCUT2D eigenvalue weighted by Gasteiger charge is 2.41. The van der Waals surface area contributed by atoms with Crippen molar-refractivity contribution in [1.29, 1.82) is 0 Å². The van der Waals surface area contributed by atoms with E-state index in [0.29, 0.717) is 18.8 Å². The lowest BCUT2D eigenvalue weighted by Crippen LogP contribution is -2.35. The van der Waals surface area contributed by atoms with E-state index in [9.17, 15) is 4.79 Å². The molecule has 0 saturated heterocycles. The smallest absolute Gasteiger partial charge is 0.323 e. The minimum absolute atomic E-state index is 0.274. The lowest BCUT2D eigenvalue weighted by molar-refractivity contribution is -0.151. The molecule has 1 rings (SSSR count). The van der Waals surface area contributed by atoms with Gasteiger partial charge in [0, 0.05) is 6.42 Å². The van der Waals surface area contributed by atoms with Gasteiger partial charge in [-0.25, -0.2) is 0 Å². The van der Waals surface area contributed by atoms with Crippen LogP contribution >= 0.6 is 0 Å². The van der Waals surface area contributed by atoms with E-state index in [1.807, 2.05) is 0 Å². The fourth-order valence-corrected chi connectivity index (χ4v) is 2.14. The van der Waals surface area contributed by atoms with E-state index in [1.165, 1.54) is 7.11 Å². The monoisotopic (exact) mass is 204 g/mol. The first kappa shape index (κ1) is 11.7. The Labute approximate surface area is 91.4 Å². The van der Waals surface area contributed by atoms with Gasteiger partial charge in [0.2, 0.25) is 0 Å². The molecule has 2 nitrogen and oxygen atoms in total. The van der Waals surface area contributed by atoms with Crippen LogP contribution in [-0.4, -0.2) is 13.1 Å². The van der Waals surface area contributed by atoms with Crippen LogP contribution < -0.4 is 0 Å². The van der Waals surface area contributed by atoms with Crippen LogP contribution in [0.5, 0.6) is 0 Å². The Morgan fingerprint density at radius 2 is 2.07 bits per heavy atom. The van der Waals surface area contributed by atoms with Crippen molar-refractivity contribution >= 4 is 5.97 Å². The predicted molar refractivity (Wildman–Crippen MR) is 58.7 cm³/mol. The Hall–Kier alpha value is -1.41. The van der Waals surface area contributed by atoms with Crippen molar-refractivity contribution in [2.75, 3.05) is 7.11 Å². The third-order valence-electron chi connectivity index (χ3n) is 3.22. The summed E-state index contributed by atoms with van der Waals surface area (Å²) in [5.74, 6) is 5.50. The molecule has 80 valence electrons. The fraction of sp³-hybridized carbons (Fsp3) is 0.615. The van der Waals surface area contributed by atoms with Gasteiger partial charge in [-0.05, 0) is 31.6 Å². The maximum atomic E-state index is 11.6. The van der Waals surface area contributed by atoms with Gasteiger partial charge in [0.05, 0.1) is 7.11 Å². The molecule has 0 radical (unpaired) electrons. The summed E-state index contributed by atoms with van der Waals surface area (Å²) in [7, 11) is 1.38. The van der Waals surface area contributed by atoms with Crippen LogP contribution in [0.4, 0.5) is 0 Å². The molecule has 1 aliphatic rings. The SMILES string of the molecule is C#CCC1CCC(C#C)(C(=O)OC)CC1. The molecule has 0 spiro atoms. The zero-order chi connectivity index (χ0) is 11.3. The highest BCUT2D eigenvalue weighted by atomic mass is 16.5. The highest BCUT2D eigenvalue weighted by molar-refractivity contribution is 5.80. The maximum Gasteiger partial charge on any atom is 0.323 e. The third kappa shape index (κ3) is 2.34. The topological polar surface area (TPSA) is 26.3 Å². The van der Waals surface area contributed by atoms with E-state index in [2.05, 4.69) is 11.8 Å². The zero-order valence-corrected chi connectivity index (χ0v) is 9.08. The molecule has 0 amide bonds. The van der Waals surface area contributed by atoms with E-state index in [4.69, 9.17) is 17.6 Å². The van der Waals surface area contributed by atoms with Gasteiger partial charge in [-0.15, -0.1) is 18.8 Å². The largest absolute Gasteiger partial charge is 0.468 e. The highest BCUT2D eigenvalue weighted by Crippen LogP contribution is 2.40. The molecular formula is C13H16O2. The van der Waals surface area contributed by atoms with Crippen LogP contribution in [0.1, 0.15) is 32.1 Å². The van der Waals surface area contributed by atoms with Crippen LogP contribution in [0.15, 0.2) is 0 Å². The molecule has 0 N–H and O–H groups in total. The van der Waals surface area contributed by atoms with Crippen LogP contribution in [-0.2, 0) is 9.53 Å². The Morgan fingerprint density at radius 1 is 1.47 bits per heavy atom. The summed E-state index contributed by atoms with van der Waals surface area (Å²) < 4.78 is 4.76. The van der Waals surface area contributed by atoms with Crippen molar-refractivity contribution in [3.8, 4) is 24.7 Å². The van der Waals surface area contributed by atoms with Gasteiger partial charge in [-0.2, -0.15) is 0 Å². The van der Waals surface area contributed by atoms with E-state index in [0.717, 1.165) is 19.3 Å². The summed E-state index contributed by atoms with van der Waals surface area (Å²) in [5, 5.41) is 0. The number of esters is 1. The molecule has 0 heterocycles. The molecule has 15 heavy (non-hydrogen) atoms. The summed E-state index contributed by atoms with van der Waals surface area (Å²) >= 11 is 0. The molecule has 0 aromatic rings. The first-order chi connectivity index (χ1) is 7.18. The summed E-state index contributed by atoms with van der Waals surface area (Å²) in [6, 6.07) is 0. The van der Waals surface area contributed by atoms with Crippen LogP contribution in [0.2, 0.25) is 0 Å². The molecule has 0 aromatic heterocycles. The maximum absolute atomic E-state index is 11.6. The van der Waals surface area contributed by atoms with E-state index in [1.54, 1.807) is 0 Å². The number of carbonyl (C=O) groups is 1. The summed E-state index contributed by atoms with van der Waals surface area (Å²) in [4.78, 5) is 11.6. The van der Waals surface area contributed by atoms with Crippen LogP contribution in [0.25, 0.3) is 0 Å². The minimum atomic E-state index is -0.695. The number of hydrogen-bond donors (Lipinski definition) is 0. The van der Waals surface area contributed by atoms with Gasteiger partial charge in [0.15, 0.2) is 0 Å². The van der Waals surface area contributed by atoms with Crippen molar-refractivity contribution in [2.45, 2.75) is 32.1 Å². The summed E-state index contributed by atoms with van der Waals surface area (Å²) in [6.07, 6.45) is 14.7. The van der Waals surface area contributed by atoms with Crippen molar-refractivity contribution in [2.24, 2.45) is 11.3 Å². The minimum Gasteiger partial charge on any atom is -0.468 e. The molecule has 1 fully saturated rings. The van der Waals surface area contributed by atoms with Crippen molar-refractivity contribution in [3.05, 3.63) is 0 Å². The first-order valence-electron chi connectivity index (χ1n) is 5.18. The molecule has 2 heteroatoms. The number of rotatable bonds is 2. The van der Waals surface area contributed by atoms with Crippen LogP contribution in [0.3, 0.4) is 0 Å². The predicted octanol–water partition coefficient (Wildman–Crippen LogP) is 1.99. The Kier molecular flexibility index (Phi) is 3.81. The number of terminal acetylenes is 2. The van der Waals surface area contributed by atoms with Gasteiger partial charge in [-0.3, -0.25) is 4.79 Å².